The van der Waals surface area contributed by atoms with Gasteiger partial charge in [0.05, 0.1) is 18.4 Å². The molecular formula is C16H17N3O4. The first-order chi connectivity index (χ1) is 11.0. The van der Waals surface area contributed by atoms with E-state index in [2.05, 4.69) is 10.4 Å². The zero-order chi connectivity index (χ0) is 16.6. The summed E-state index contributed by atoms with van der Waals surface area (Å²) in [5.41, 5.74) is 2.52. The molecule has 1 atom stereocenters. The summed E-state index contributed by atoms with van der Waals surface area (Å²) < 4.78 is 6.98. The van der Waals surface area contributed by atoms with Crippen LogP contribution in [0.15, 0.2) is 24.4 Å². The predicted molar refractivity (Wildman–Crippen MR) is 81.4 cm³/mol. The molecule has 120 valence electrons. The Kier molecular flexibility index (Phi) is 3.77. The van der Waals surface area contributed by atoms with Gasteiger partial charge in [0.15, 0.2) is 6.04 Å². The number of aryl methyl sites for hydroxylation is 1. The van der Waals surface area contributed by atoms with Crippen LogP contribution in [-0.4, -0.2) is 33.4 Å². The second-order valence-electron chi connectivity index (χ2n) is 5.48. The van der Waals surface area contributed by atoms with Crippen molar-refractivity contribution in [2.45, 2.75) is 19.4 Å². The Balaban J connectivity index is 1.86. The number of carboxylic acid groups (broad SMARTS) is 1. The van der Waals surface area contributed by atoms with Crippen molar-refractivity contribution < 1.29 is 19.4 Å². The third kappa shape index (κ3) is 2.77. The molecule has 7 nitrogen and oxygen atoms in total. The van der Waals surface area contributed by atoms with Crippen LogP contribution in [0.25, 0.3) is 0 Å². The lowest BCUT2D eigenvalue weighted by molar-refractivity contribution is -0.139. The summed E-state index contributed by atoms with van der Waals surface area (Å²) in [6, 6.07) is 4.07. The molecule has 0 bridgehead atoms. The molecular weight excluding hydrogens is 298 g/mol. The van der Waals surface area contributed by atoms with Crippen molar-refractivity contribution in [2.75, 3.05) is 6.61 Å². The van der Waals surface area contributed by atoms with Gasteiger partial charge in [-0.3, -0.25) is 9.48 Å². The number of nitrogens with one attached hydrogen (secondary N) is 1. The van der Waals surface area contributed by atoms with Crippen LogP contribution in [0.4, 0.5) is 0 Å². The van der Waals surface area contributed by atoms with E-state index in [4.69, 9.17) is 4.74 Å². The number of carbonyl (C=O) groups excluding carboxylic acids is 1. The quantitative estimate of drug-likeness (QED) is 0.885. The summed E-state index contributed by atoms with van der Waals surface area (Å²) in [5.74, 6) is -0.800. The SMILES string of the molecule is Cc1c(C(=O)NC(C(=O)O)c2ccc3c(c2)CCO3)cnn1C. The molecule has 1 aromatic carbocycles. The average Bonchev–Trinajstić information content (AvgIpc) is 3.11. The molecule has 1 aromatic heterocycles. The smallest absolute Gasteiger partial charge is 0.330 e. The number of benzene rings is 1. The van der Waals surface area contributed by atoms with Gasteiger partial charge in [-0.2, -0.15) is 5.10 Å². The Morgan fingerprint density at radius 3 is 2.87 bits per heavy atom. The minimum Gasteiger partial charge on any atom is -0.493 e. The molecule has 0 aliphatic carbocycles. The van der Waals surface area contributed by atoms with Gasteiger partial charge in [-0.05, 0) is 30.2 Å². The van der Waals surface area contributed by atoms with Crippen molar-refractivity contribution in [3.05, 3.63) is 46.8 Å². The van der Waals surface area contributed by atoms with Crippen LogP contribution in [-0.2, 0) is 18.3 Å². The second-order valence-corrected chi connectivity index (χ2v) is 5.48. The molecule has 2 N–H and O–H groups in total. The maximum atomic E-state index is 12.3. The van der Waals surface area contributed by atoms with E-state index in [0.717, 1.165) is 17.7 Å². The summed E-state index contributed by atoms with van der Waals surface area (Å²) in [5, 5.41) is 16.0. The van der Waals surface area contributed by atoms with Crippen molar-refractivity contribution in [1.29, 1.82) is 0 Å². The van der Waals surface area contributed by atoms with Crippen LogP contribution in [0.3, 0.4) is 0 Å². The molecule has 1 aliphatic rings. The Morgan fingerprint density at radius 1 is 1.43 bits per heavy atom. The van der Waals surface area contributed by atoms with Crippen LogP contribution < -0.4 is 10.1 Å². The zero-order valence-electron chi connectivity index (χ0n) is 12.9. The van der Waals surface area contributed by atoms with Crippen LogP contribution in [0.5, 0.6) is 5.75 Å². The molecule has 1 amide bonds. The van der Waals surface area contributed by atoms with Crippen molar-refractivity contribution in [1.82, 2.24) is 15.1 Å². The summed E-state index contributed by atoms with van der Waals surface area (Å²) in [7, 11) is 1.72. The van der Waals surface area contributed by atoms with Crippen molar-refractivity contribution in [3.8, 4) is 5.75 Å². The maximum absolute atomic E-state index is 12.3. The predicted octanol–water partition coefficient (Wildman–Crippen LogP) is 1.22. The van der Waals surface area contributed by atoms with E-state index < -0.39 is 17.9 Å². The Bertz CT molecular complexity index is 782. The van der Waals surface area contributed by atoms with E-state index in [1.54, 1.807) is 36.9 Å². The maximum Gasteiger partial charge on any atom is 0.330 e. The van der Waals surface area contributed by atoms with Gasteiger partial charge in [0.2, 0.25) is 0 Å². The fourth-order valence-electron chi connectivity index (χ4n) is 2.60. The van der Waals surface area contributed by atoms with Crippen LogP contribution in [0, 0.1) is 6.92 Å². The van der Waals surface area contributed by atoms with Gasteiger partial charge < -0.3 is 15.2 Å². The van der Waals surface area contributed by atoms with Gasteiger partial charge in [0, 0.05) is 19.2 Å². The number of aliphatic carboxylic acids is 1. The molecule has 0 saturated carbocycles. The Hall–Kier alpha value is -2.83. The van der Waals surface area contributed by atoms with Crippen LogP contribution in [0.1, 0.15) is 33.2 Å². The second kappa shape index (κ2) is 5.75. The zero-order valence-corrected chi connectivity index (χ0v) is 12.9. The fourth-order valence-corrected chi connectivity index (χ4v) is 2.60. The molecule has 2 aromatic rings. The molecule has 0 spiro atoms. The van der Waals surface area contributed by atoms with Crippen molar-refractivity contribution in [2.24, 2.45) is 7.05 Å². The van der Waals surface area contributed by atoms with E-state index in [1.165, 1.54) is 6.20 Å². The molecule has 2 heterocycles. The topological polar surface area (TPSA) is 93.5 Å². The standard InChI is InChI=1S/C16H17N3O4/c1-9-12(8-17-19(9)2)15(20)18-14(16(21)22)11-3-4-13-10(7-11)5-6-23-13/h3-4,7-8,14H,5-6H2,1-2H3,(H,18,20)(H,21,22). The molecule has 0 fully saturated rings. The largest absolute Gasteiger partial charge is 0.493 e. The molecule has 3 rings (SSSR count). The number of carbonyl (C=O) groups is 2. The highest BCUT2D eigenvalue weighted by atomic mass is 16.5. The third-order valence-corrected chi connectivity index (χ3v) is 4.05. The highest BCUT2D eigenvalue weighted by molar-refractivity contribution is 5.97. The van der Waals surface area contributed by atoms with Gasteiger partial charge >= 0.3 is 5.97 Å². The number of carboxylic acids is 1. The summed E-state index contributed by atoms with van der Waals surface area (Å²) in [6.07, 6.45) is 2.17. The summed E-state index contributed by atoms with van der Waals surface area (Å²) >= 11 is 0. The molecule has 23 heavy (non-hydrogen) atoms. The van der Waals surface area contributed by atoms with Gasteiger partial charge in [0.25, 0.3) is 5.91 Å². The number of fused-ring (bicyclic) bond motifs is 1. The van der Waals surface area contributed by atoms with Crippen molar-refractivity contribution in [3.63, 3.8) is 0 Å². The first-order valence-corrected chi connectivity index (χ1v) is 7.25. The van der Waals surface area contributed by atoms with Gasteiger partial charge in [-0.15, -0.1) is 0 Å². The van der Waals surface area contributed by atoms with Gasteiger partial charge in [0.1, 0.15) is 5.75 Å². The molecule has 0 saturated heterocycles. The van der Waals surface area contributed by atoms with Crippen LogP contribution in [0.2, 0.25) is 0 Å². The number of hydrogen-bond acceptors (Lipinski definition) is 4. The number of nitrogens with zero attached hydrogens (tertiary/aromatic N) is 2. The molecule has 7 heteroatoms. The number of aromatic nitrogens is 2. The van der Waals surface area contributed by atoms with E-state index in [-0.39, 0.29) is 0 Å². The summed E-state index contributed by atoms with van der Waals surface area (Å²) in [6.45, 7) is 2.35. The first-order valence-electron chi connectivity index (χ1n) is 7.25. The minimum absolute atomic E-state index is 0.364. The highest BCUT2D eigenvalue weighted by Gasteiger charge is 2.26. The molecule has 0 radical (unpaired) electrons. The number of amides is 1. The number of ether oxygens (including phenoxy) is 1. The summed E-state index contributed by atoms with van der Waals surface area (Å²) in [4.78, 5) is 23.9. The van der Waals surface area contributed by atoms with E-state index in [1.807, 2.05) is 0 Å². The van der Waals surface area contributed by atoms with Crippen molar-refractivity contribution >= 4 is 11.9 Å². The normalized spacial score (nSPS) is 14.0. The van der Waals surface area contributed by atoms with E-state index in [0.29, 0.717) is 23.4 Å². The number of hydrogen-bond donors (Lipinski definition) is 2. The number of rotatable bonds is 4. The lowest BCUT2D eigenvalue weighted by Crippen LogP contribution is -2.34. The fraction of sp³-hybridized carbons (Fsp3) is 0.312. The minimum atomic E-state index is -1.12. The molecule has 1 aliphatic heterocycles. The Morgan fingerprint density at radius 2 is 2.22 bits per heavy atom. The van der Waals surface area contributed by atoms with Gasteiger partial charge in [-0.1, -0.05) is 6.07 Å². The Labute approximate surface area is 132 Å². The lowest BCUT2D eigenvalue weighted by Gasteiger charge is -2.15. The average molecular weight is 315 g/mol. The highest BCUT2D eigenvalue weighted by Crippen LogP contribution is 2.28. The first kappa shape index (κ1) is 15.1. The van der Waals surface area contributed by atoms with E-state index in [9.17, 15) is 14.7 Å². The third-order valence-electron chi connectivity index (χ3n) is 4.05. The van der Waals surface area contributed by atoms with Crippen LogP contribution >= 0.6 is 0 Å². The monoisotopic (exact) mass is 315 g/mol. The molecule has 1 unspecified atom stereocenters. The van der Waals surface area contributed by atoms with E-state index >= 15 is 0 Å². The lowest BCUT2D eigenvalue weighted by atomic mass is 10.0. The van der Waals surface area contributed by atoms with Gasteiger partial charge in [-0.25, -0.2) is 4.79 Å².